The molecule has 17 heavy (non-hydrogen) atoms. The molecule has 0 aliphatic heterocycles. The fraction of sp³-hybridized carbons (Fsp3) is 0.923. The monoisotopic (exact) mass is 242 g/mol. The maximum atomic E-state index is 11.9. The average Bonchev–Trinajstić information content (AvgIpc) is 2.35. The summed E-state index contributed by atoms with van der Waals surface area (Å²) in [7, 11) is 0. The zero-order valence-electron chi connectivity index (χ0n) is 10.8. The van der Waals surface area contributed by atoms with Crippen LogP contribution in [0.3, 0.4) is 0 Å². The Hall–Kier alpha value is -0.610. The lowest BCUT2D eigenvalue weighted by Crippen LogP contribution is -2.38. The van der Waals surface area contributed by atoms with Gasteiger partial charge in [-0.1, -0.05) is 13.3 Å². The summed E-state index contributed by atoms with van der Waals surface area (Å²) in [4.78, 5) is 11.9. The number of nitrogens with two attached hydrogens (primary N) is 1. The fourth-order valence-electron chi connectivity index (χ4n) is 2.40. The SMILES string of the molecule is CCC(CCO)CNC(=O)C1CCC(N)CC1. The molecule has 1 atom stereocenters. The zero-order chi connectivity index (χ0) is 12.7. The fourth-order valence-corrected chi connectivity index (χ4v) is 2.40. The van der Waals surface area contributed by atoms with E-state index >= 15 is 0 Å². The minimum absolute atomic E-state index is 0.154. The van der Waals surface area contributed by atoms with Gasteiger partial charge < -0.3 is 16.2 Å². The van der Waals surface area contributed by atoms with Gasteiger partial charge in [0.2, 0.25) is 5.91 Å². The van der Waals surface area contributed by atoms with Gasteiger partial charge in [-0.15, -0.1) is 0 Å². The van der Waals surface area contributed by atoms with Crippen LogP contribution in [0, 0.1) is 11.8 Å². The minimum atomic E-state index is 0.154. The summed E-state index contributed by atoms with van der Waals surface area (Å²) in [6.07, 6.45) is 5.54. The second-order valence-electron chi connectivity index (χ2n) is 5.14. The van der Waals surface area contributed by atoms with Crippen LogP contribution in [0.25, 0.3) is 0 Å². The number of hydrogen-bond acceptors (Lipinski definition) is 3. The molecule has 1 saturated carbocycles. The van der Waals surface area contributed by atoms with Crippen molar-refractivity contribution in [2.24, 2.45) is 17.6 Å². The van der Waals surface area contributed by atoms with Gasteiger partial charge >= 0.3 is 0 Å². The van der Waals surface area contributed by atoms with Crippen LogP contribution in [0.5, 0.6) is 0 Å². The number of aliphatic hydroxyl groups is 1. The van der Waals surface area contributed by atoms with Crippen LogP contribution in [0.4, 0.5) is 0 Å². The van der Waals surface area contributed by atoms with E-state index in [-0.39, 0.29) is 24.5 Å². The van der Waals surface area contributed by atoms with E-state index in [2.05, 4.69) is 12.2 Å². The molecule has 1 aliphatic rings. The Morgan fingerprint density at radius 1 is 1.41 bits per heavy atom. The third kappa shape index (κ3) is 5.04. The molecule has 4 N–H and O–H groups in total. The molecular formula is C13H26N2O2. The van der Waals surface area contributed by atoms with Gasteiger partial charge in [0.1, 0.15) is 0 Å². The molecule has 0 radical (unpaired) electrons. The Bertz CT molecular complexity index is 225. The van der Waals surface area contributed by atoms with Crippen LogP contribution in [0.15, 0.2) is 0 Å². The molecule has 1 unspecified atom stereocenters. The molecule has 1 aliphatic carbocycles. The molecule has 4 nitrogen and oxygen atoms in total. The van der Waals surface area contributed by atoms with E-state index in [1.165, 1.54) is 0 Å². The molecule has 1 fully saturated rings. The Labute approximate surface area is 104 Å². The molecule has 0 spiro atoms. The van der Waals surface area contributed by atoms with Crippen molar-refractivity contribution < 1.29 is 9.90 Å². The highest BCUT2D eigenvalue weighted by molar-refractivity contribution is 5.78. The number of rotatable bonds is 6. The number of carbonyl (C=O) groups excluding carboxylic acids is 1. The first kappa shape index (κ1) is 14.5. The maximum absolute atomic E-state index is 11.9. The molecule has 1 amide bonds. The van der Waals surface area contributed by atoms with Crippen LogP contribution in [-0.2, 0) is 4.79 Å². The number of aliphatic hydroxyl groups excluding tert-OH is 1. The predicted octanol–water partition coefficient (Wildman–Crippen LogP) is 1.03. The lowest BCUT2D eigenvalue weighted by molar-refractivity contribution is -0.126. The Morgan fingerprint density at radius 3 is 2.59 bits per heavy atom. The van der Waals surface area contributed by atoms with Crippen LogP contribution in [0.1, 0.15) is 45.4 Å². The number of carbonyl (C=O) groups is 1. The maximum Gasteiger partial charge on any atom is 0.223 e. The third-order valence-corrected chi connectivity index (χ3v) is 3.82. The van der Waals surface area contributed by atoms with Gasteiger partial charge in [-0.05, 0) is 38.0 Å². The minimum Gasteiger partial charge on any atom is -0.396 e. The first-order valence-electron chi connectivity index (χ1n) is 6.81. The highest BCUT2D eigenvalue weighted by Gasteiger charge is 2.24. The zero-order valence-corrected chi connectivity index (χ0v) is 10.8. The van der Waals surface area contributed by atoms with Gasteiger partial charge in [-0.25, -0.2) is 0 Å². The predicted molar refractivity (Wildman–Crippen MR) is 68.4 cm³/mol. The summed E-state index contributed by atoms with van der Waals surface area (Å²) in [5, 5.41) is 11.9. The summed E-state index contributed by atoms with van der Waals surface area (Å²) in [5.74, 6) is 0.726. The molecule has 100 valence electrons. The van der Waals surface area contributed by atoms with Crippen molar-refractivity contribution in [1.29, 1.82) is 0 Å². The lowest BCUT2D eigenvalue weighted by atomic mass is 9.86. The van der Waals surface area contributed by atoms with Crippen molar-refractivity contribution in [3.05, 3.63) is 0 Å². The van der Waals surface area contributed by atoms with Crippen LogP contribution in [0.2, 0.25) is 0 Å². The number of amides is 1. The number of hydrogen-bond donors (Lipinski definition) is 3. The summed E-state index contributed by atoms with van der Waals surface area (Å²) in [6, 6.07) is 0.289. The Kier molecular flexibility index (Phi) is 6.52. The van der Waals surface area contributed by atoms with E-state index in [0.717, 1.165) is 38.5 Å². The molecule has 0 bridgehead atoms. The molecule has 0 aromatic rings. The smallest absolute Gasteiger partial charge is 0.223 e. The highest BCUT2D eigenvalue weighted by atomic mass is 16.3. The normalized spacial score (nSPS) is 26.5. The van der Waals surface area contributed by atoms with Crippen molar-refractivity contribution in [1.82, 2.24) is 5.32 Å². The molecule has 0 saturated heterocycles. The van der Waals surface area contributed by atoms with E-state index < -0.39 is 0 Å². The van der Waals surface area contributed by atoms with Crippen molar-refractivity contribution in [3.8, 4) is 0 Å². The van der Waals surface area contributed by atoms with E-state index in [1.807, 2.05) is 0 Å². The standard InChI is InChI=1S/C13H26N2O2/c1-2-10(7-8-16)9-15-13(17)11-3-5-12(14)6-4-11/h10-12,16H,2-9,14H2,1H3,(H,15,17). The van der Waals surface area contributed by atoms with Gasteiger partial charge in [0.25, 0.3) is 0 Å². The highest BCUT2D eigenvalue weighted by Crippen LogP contribution is 2.23. The van der Waals surface area contributed by atoms with Gasteiger partial charge in [0.05, 0.1) is 0 Å². The third-order valence-electron chi connectivity index (χ3n) is 3.82. The second kappa shape index (κ2) is 7.67. The quantitative estimate of drug-likeness (QED) is 0.651. The first-order chi connectivity index (χ1) is 8.17. The Morgan fingerprint density at radius 2 is 2.06 bits per heavy atom. The molecule has 0 aromatic carbocycles. The van der Waals surface area contributed by atoms with E-state index in [0.29, 0.717) is 12.5 Å². The summed E-state index contributed by atoms with van der Waals surface area (Å²) < 4.78 is 0. The van der Waals surface area contributed by atoms with E-state index in [4.69, 9.17) is 10.8 Å². The Balaban J connectivity index is 2.24. The van der Waals surface area contributed by atoms with Crippen molar-refractivity contribution in [2.75, 3.05) is 13.2 Å². The first-order valence-corrected chi connectivity index (χ1v) is 6.81. The number of nitrogens with one attached hydrogen (secondary N) is 1. The summed E-state index contributed by atoms with van der Waals surface area (Å²) in [5.41, 5.74) is 5.82. The van der Waals surface area contributed by atoms with E-state index in [1.54, 1.807) is 0 Å². The topological polar surface area (TPSA) is 75.3 Å². The van der Waals surface area contributed by atoms with Gasteiger partial charge in [0, 0.05) is 25.1 Å². The molecule has 4 heteroatoms. The molecule has 0 aromatic heterocycles. The van der Waals surface area contributed by atoms with Crippen molar-refractivity contribution >= 4 is 5.91 Å². The van der Waals surface area contributed by atoms with Gasteiger partial charge in [-0.3, -0.25) is 4.79 Å². The van der Waals surface area contributed by atoms with Crippen molar-refractivity contribution in [3.63, 3.8) is 0 Å². The molecule has 1 rings (SSSR count). The van der Waals surface area contributed by atoms with E-state index in [9.17, 15) is 4.79 Å². The van der Waals surface area contributed by atoms with Gasteiger partial charge in [0.15, 0.2) is 0 Å². The van der Waals surface area contributed by atoms with Gasteiger partial charge in [-0.2, -0.15) is 0 Å². The summed E-state index contributed by atoms with van der Waals surface area (Å²) >= 11 is 0. The van der Waals surface area contributed by atoms with Crippen LogP contribution >= 0.6 is 0 Å². The average molecular weight is 242 g/mol. The lowest BCUT2D eigenvalue weighted by Gasteiger charge is -2.26. The molecule has 0 heterocycles. The van der Waals surface area contributed by atoms with Crippen LogP contribution < -0.4 is 11.1 Å². The second-order valence-corrected chi connectivity index (χ2v) is 5.14. The van der Waals surface area contributed by atoms with Crippen molar-refractivity contribution in [2.45, 2.75) is 51.5 Å². The molecular weight excluding hydrogens is 216 g/mol. The largest absolute Gasteiger partial charge is 0.396 e. The summed E-state index contributed by atoms with van der Waals surface area (Å²) in [6.45, 7) is 2.98. The van der Waals surface area contributed by atoms with Crippen LogP contribution in [-0.4, -0.2) is 30.2 Å².